The number of hydrogen-bond donors (Lipinski definition) is 2. The lowest BCUT2D eigenvalue weighted by atomic mass is 9.90. The summed E-state index contributed by atoms with van der Waals surface area (Å²) < 4.78 is 70.6. The summed E-state index contributed by atoms with van der Waals surface area (Å²) in [7, 11) is 1.33. The van der Waals surface area contributed by atoms with E-state index >= 15 is 4.39 Å². The first-order chi connectivity index (χ1) is 18.2. The van der Waals surface area contributed by atoms with Crippen LogP contribution in [-0.4, -0.2) is 29.7 Å². The van der Waals surface area contributed by atoms with Crippen LogP contribution in [-0.2, 0) is 10.9 Å². The summed E-state index contributed by atoms with van der Waals surface area (Å²) in [5.41, 5.74) is 4.20. The Hall–Kier alpha value is -2.75. The Morgan fingerprint density at radius 2 is 1.79 bits per heavy atom. The summed E-state index contributed by atoms with van der Waals surface area (Å²) >= 11 is 6.31. The van der Waals surface area contributed by atoms with E-state index in [9.17, 15) is 13.2 Å². The number of anilines is 2. The normalized spacial score (nSPS) is 15.1. The Balaban J connectivity index is 3.09. The van der Waals surface area contributed by atoms with Gasteiger partial charge in [0.15, 0.2) is 0 Å². The zero-order valence-electron chi connectivity index (χ0n) is 23.8. The Bertz CT molecular complexity index is 1280. The molecule has 0 saturated carbocycles. The Morgan fingerprint density at radius 1 is 1.15 bits per heavy atom. The second-order valence-electron chi connectivity index (χ2n) is 10.0. The van der Waals surface area contributed by atoms with Crippen molar-refractivity contribution in [2.24, 2.45) is 5.92 Å². The van der Waals surface area contributed by atoms with Crippen LogP contribution in [0.15, 0.2) is 6.07 Å². The van der Waals surface area contributed by atoms with Crippen molar-refractivity contribution in [2.45, 2.75) is 85.9 Å². The van der Waals surface area contributed by atoms with E-state index < -0.39 is 29.0 Å². The van der Waals surface area contributed by atoms with E-state index in [0.717, 1.165) is 18.9 Å². The first-order valence-corrected chi connectivity index (χ1v) is 13.5. The fourth-order valence-corrected chi connectivity index (χ4v) is 4.70. The molecule has 1 aromatic heterocycles. The number of rotatable bonds is 11. The predicted molar refractivity (Wildman–Crippen MR) is 149 cm³/mol. The number of methoxy groups -OCH3 is 1. The standard InChI is InChI=1S/C28H39ClF4N4O2/c1-9-11-16(6)39-19(10-2)21-25(36-27(38-8)37-26(21)35-13-14(3)4)24(30)17(7)20-22(28(31,32)33)15(5)12-18(34)23(20)29/h12,14,16-17H,9-11,13,34H2,1-8H3,(H,35,36,37)/b21-19-,25-24-. The molecule has 0 radical (unpaired) electrons. The minimum Gasteiger partial charge on any atom is -0.494 e. The first kappa shape index (κ1) is 32.5. The molecule has 1 heterocycles. The first-order valence-electron chi connectivity index (χ1n) is 13.1. The van der Waals surface area contributed by atoms with Crippen molar-refractivity contribution in [3.8, 4) is 6.01 Å². The van der Waals surface area contributed by atoms with E-state index in [1.165, 1.54) is 21.0 Å². The number of nitrogens with one attached hydrogen (secondary N) is 1. The quantitative estimate of drug-likeness (QED) is 0.229. The van der Waals surface area contributed by atoms with Crippen molar-refractivity contribution < 1.29 is 27.0 Å². The van der Waals surface area contributed by atoms with Gasteiger partial charge < -0.3 is 20.5 Å². The smallest absolute Gasteiger partial charge is 0.417 e. The number of nitrogens with zero attached hydrogens (tertiary/aromatic N) is 2. The molecule has 0 aliphatic carbocycles. The SMILES string of the molecule is CCCC(C)O/C(CC)=c1\c(NCC(C)C)nc(OC)n\c1=C(/F)C(C)c1c(Cl)c(N)cc(C)c1C(F)(F)F. The van der Waals surface area contributed by atoms with Crippen LogP contribution < -0.4 is 26.4 Å². The number of halogens is 5. The van der Waals surface area contributed by atoms with Crippen molar-refractivity contribution in [2.75, 3.05) is 24.7 Å². The van der Waals surface area contributed by atoms with Gasteiger partial charge in [-0.2, -0.15) is 23.1 Å². The molecule has 0 fully saturated rings. The molecule has 0 saturated heterocycles. The molecular formula is C28H39ClF4N4O2. The van der Waals surface area contributed by atoms with Gasteiger partial charge in [-0.15, -0.1) is 0 Å². The molecule has 6 nitrogen and oxygen atoms in total. The van der Waals surface area contributed by atoms with Gasteiger partial charge in [0.05, 0.1) is 34.7 Å². The van der Waals surface area contributed by atoms with Crippen LogP contribution in [0.3, 0.4) is 0 Å². The maximum absolute atomic E-state index is 16.6. The van der Waals surface area contributed by atoms with Gasteiger partial charge in [-0.05, 0) is 43.4 Å². The maximum Gasteiger partial charge on any atom is 0.417 e. The minimum atomic E-state index is -4.79. The Morgan fingerprint density at radius 3 is 2.31 bits per heavy atom. The highest BCUT2D eigenvalue weighted by Crippen LogP contribution is 2.45. The van der Waals surface area contributed by atoms with Gasteiger partial charge in [-0.3, -0.25) is 0 Å². The van der Waals surface area contributed by atoms with Crippen molar-refractivity contribution in [1.82, 2.24) is 9.97 Å². The molecule has 2 atom stereocenters. The van der Waals surface area contributed by atoms with Gasteiger partial charge in [-0.25, -0.2) is 4.39 Å². The van der Waals surface area contributed by atoms with Crippen molar-refractivity contribution in [3.63, 3.8) is 0 Å². The van der Waals surface area contributed by atoms with Crippen LogP contribution in [0.4, 0.5) is 29.1 Å². The average molecular weight is 575 g/mol. The molecule has 0 spiro atoms. The number of nitrogen functional groups attached to an aromatic ring is 1. The Kier molecular flexibility index (Phi) is 11.3. The van der Waals surface area contributed by atoms with Gasteiger partial charge in [0.2, 0.25) is 0 Å². The van der Waals surface area contributed by atoms with Gasteiger partial charge in [-0.1, -0.05) is 52.6 Å². The van der Waals surface area contributed by atoms with Crippen molar-refractivity contribution in [1.29, 1.82) is 0 Å². The summed E-state index contributed by atoms with van der Waals surface area (Å²) in [5.74, 6) is -1.52. The summed E-state index contributed by atoms with van der Waals surface area (Å²) in [6.45, 7) is 12.8. The summed E-state index contributed by atoms with van der Waals surface area (Å²) in [5, 5.41) is 2.85. The molecule has 0 aliphatic heterocycles. The third-order valence-corrected chi connectivity index (χ3v) is 6.66. The lowest BCUT2D eigenvalue weighted by Gasteiger charge is -2.23. The third kappa shape index (κ3) is 7.68. The van der Waals surface area contributed by atoms with Crippen LogP contribution in [0.5, 0.6) is 6.01 Å². The van der Waals surface area contributed by atoms with Crippen LogP contribution in [0, 0.1) is 12.8 Å². The van der Waals surface area contributed by atoms with E-state index in [0.29, 0.717) is 18.7 Å². The number of nitrogens with two attached hydrogens (primary N) is 1. The van der Waals surface area contributed by atoms with E-state index in [-0.39, 0.29) is 50.7 Å². The molecule has 2 aromatic rings. The van der Waals surface area contributed by atoms with Crippen molar-refractivity contribution >= 4 is 34.7 Å². The van der Waals surface area contributed by atoms with Gasteiger partial charge in [0, 0.05) is 18.9 Å². The molecule has 2 rings (SSSR count). The highest BCUT2D eigenvalue weighted by Gasteiger charge is 2.39. The molecule has 2 unspecified atom stereocenters. The molecule has 3 N–H and O–H groups in total. The number of aromatic nitrogens is 2. The van der Waals surface area contributed by atoms with E-state index in [1.54, 1.807) is 0 Å². The zero-order valence-corrected chi connectivity index (χ0v) is 24.6. The number of ether oxygens (including phenoxy) is 2. The van der Waals surface area contributed by atoms with Gasteiger partial charge in [0.1, 0.15) is 22.8 Å². The highest BCUT2D eigenvalue weighted by molar-refractivity contribution is 6.34. The highest BCUT2D eigenvalue weighted by atomic mass is 35.5. The average Bonchev–Trinajstić information content (AvgIpc) is 2.85. The Labute approximate surface area is 232 Å². The summed E-state index contributed by atoms with van der Waals surface area (Å²) in [6.07, 6.45) is -3.00. The molecule has 1 aromatic carbocycles. The van der Waals surface area contributed by atoms with E-state index in [2.05, 4.69) is 15.3 Å². The molecule has 0 aliphatic rings. The fraction of sp³-hybridized carbons (Fsp3) is 0.571. The van der Waals surface area contributed by atoms with Crippen LogP contribution in [0.2, 0.25) is 5.02 Å². The molecule has 0 bridgehead atoms. The summed E-state index contributed by atoms with van der Waals surface area (Å²) in [6, 6.07) is 0.989. The summed E-state index contributed by atoms with van der Waals surface area (Å²) in [4.78, 5) is 8.68. The lowest BCUT2D eigenvalue weighted by Crippen LogP contribution is -2.38. The predicted octanol–water partition coefficient (Wildman–Crippen LogP) is 6.72. The molecule has 39 heavy (non-hydrogen) atoms. The largest absolute Gasteiger partial charge is 0.494 e. The van der Waals surface area contributed by atoms with Gasteiger partial charge in [0.25, 0.3) is 0 Å². The topological polar surface area (TPSA) is 82.3 Å². The molecule has 0 amide bonds. The number of aryl methyl sites for hydroxylation is 1. The zero-order chi connectivity index (χ0) is 29.7. The van der Waals surface area contributed by atoms with Crippen molar-refractivity contribution in [3.05, 3.63) is 38.3 Å². The van der Waals surface area contributed by atoms with E-state index in [1.807, 2.05) is 34.6 Å². The fourth-order valence-electron chi connectivity index (χ4n) is 4.39. The monoisotopic (exact) mass is 574 g/mol. The van der Waals surface area contributed by atoms with Crippen LogP contribution in [0.25, 0.3) is 11.6 Å². The second-order valence-corrected chi connectivity index (χ2v) is 10.4. The number of benzene rings is 1. The lowest BCUT2D eigenvalue weighted by molar-refractivity contribution is -0.138. The number of alkyl halides is 3. The molecular weight excluding hydrogens is 536 g/mol. The number of hydrogen-bond acceptors (Lipinski definition) is 6. The van der Waals surface area contributed by atoms with Gasteiger partial charge >= 0.3 is 12.2 Å². The van der Waals surface area contributed by atoms with E-state index in [4.69, 9.17) is 26.8 Å². The third-order valence-electron chi connectivity index (χ3n) is 6.24. The second kappa shape index (κ2) is 13.5. The maximum atomic E-state index is 16.6. The minimum absolute atomic E-state index is 0.0749. The van der Waals surface area contributed by atoms with Crippen LogP contribution >= 0.6 is 11.6 Å². The van der Waals surface area contributed by atoms with Crippen LogP contribution in [0.1, 0.15) is 83.4 Å². The molecule has 218 valence electrons. The molecule has 11 heteroatoms.